The summed E-state index contributed by atoms with van der Waals surface area (Å²) in [6, 6.07) is 0. The Hall–Kier alpha value is 1.78. The van der Waals surface area contributed by atoms with Crippen LogP contribution in [0.2, 0.25) is 0 Å². The molecule has 0 aromatic rings. The summed E-state index contributed by atoms with van der Waals surface area (Å²) in [7, 11) is 0. The molecule has 0 rings (SSSR count). The SMILES string of the molecule is C.[Cu].[Fe].[Ta]. The second kappa shape index (κ2) is 21.6. The third kappa shape index (κ3) is 9.22. The van der Waals surface area contributed by atoms with Crippen molar-refractivity contribution in [1.82, 2.24) is 0 Å². The van der Waals surface area contributed by atoms with Crippen LogP contribution in [0.3, 0.4) is 0 Å². The van der Waals surface area contributed by atoms with E-state index in [1.807, 2.05) is 0 Å². The van der Waals surface area contributed by atoms with Gasteiger partial charge in [0.1, 0.15) is 0 Å². The van der Waals surface area contributed by atoms with Crippen LogP contribution in [-0.2, 0) is 56.5 Å². The van der Waals surface area contributed by atoms with Gasteiger partial charge in [0.15, 0.2) is 0 Å². The summed E-state index contributed by atoms with van der Waals surface area (Å²) in [5.41, 5.74) is 0. The van der Waals surface area contributed by atoms with E-state index < -0.39 is 0 Å². The molecule has 0 spiro atoms. The van der Waals surface area contributed by atoms with Gasteiger partial charge in [-0.25, -0.2) is 0 Å². The zero-order valence-corrected chi connectivity index (χ0v) is 6.36. The molecule has 0 aliphatic rings. The van der Waals surface area contributed by atoms with E-state index in [1.165, 1.54) is 0 Å². The first-order chi connectivity index (χ1) is 0. The Labute approximate surface area is 63.6 Å². The first kappa shape index (κ1) is 41.7. The molecule has 0 aliphatic heterocycles. The maximum absolute atomic E-state index is 0. The Kier molecular flexibility index (Phi) is 225. The molecule has 0 atom stereocenters. The van der Waals surface area contributed by atoms with Gasteiger partial charge in [0.05, 0.1) is 0 Å². The van der Waals surface area contributed by atoms with Crippen molar-refractivity contribution in [2.75, 3.05) is 0 Å². The molecule has 3 heteroatoms. The summed E-state index contributed by atoms with van der Waals surface area (Å²) in [5.74, 6) is 0. The van der Waals surface area contributed by atoms with Crippen molar-refractivity contribution in [2.24, 2.45) is 0 Å². The number of rotatable bonds is 0. The van der Waals surface area contributed by atoms with Gasteiger partial charge in [-0.3, -0.25) is 0 Å². The van der Waals surface area contributed by atoms with E-state index in [2.05, 4.69) is 0 Å². The van der Waals surface area contributed by atoms with E-state index in [4.69, 9.17) is 0 Å². The fraction of sp³-hybridized carbons (Fsp3) is 1.00. The van der Waals surface area contributed by atoms with E-state index in [0.717, 1.165) is 0 Å². The van der Waals surface area contributed by atoms with Crippen LogP contribution in [0.15, 0.2) is 0 Å². The van der Waals surface area contributed by atoms with Crippen molar-refractivity contribution in [3.63, 3.8) is 0 Å². The van der Waals surface area contributed by atoms with E-state index in [-0.39, 0.29) is 63.9 Å². The minimum Gasteiger partial charge on any atom is -0.0776 e. The van der Waals surface area contributed by atoms with Crippen LogP contribution < -0.4 is 0 Å². The van der Waals surface area contributed by atoms with Crippen molar-refractivity contribution >= 4 is 0 Å². The fourth-order valence-corrected chi connectivity index (χ4v) is 0. The summed E-state index contributed by atoms with van der Waals surface area (Å²) in [6.45, 7) is 0. The predicted molar refractivity (Wildman–Crippen MR) is 6.73 cm³/mol. The van der Waals surface area contributed by atoms with Gasteiger partial charge < -0.3 is 0 Å². The third-order valence-corrected chi connectivity index (χ3v) is 0. The van der Waals surface area contributed by atoms with Crippen LogP contribution in [0, 0.1) is 0 Å². The Morgan fingerprint density at radius 2 is 1.00 bits per heavy atom. The Bertz CT molecular complexity index is 8.00. The molecule has 0 heterocycles. The van der Waals surface area contributed by atoms with Crippen molar-refractivity contribution < 1.29 is 56.5 Å². The first-order valence-electron chi connectivity index (χ1n) is 0. The molecule has 0 N–H and O–H groups in total. The normalized spacial score (nSPS) is 0. The van der Waals surface area contributed by atoms with E-state index in [0.29, 0.717) is 0 Å². The molecule has 0 saturated heterocycles. The summed E-state index contributed by atoms with van der Waals surface area (Å²) in [5, 5.41) is 0. The minimum atomic E-state index is 0. The average molecular weight is 316 g/mol. The number of hydrogen-bond acceptors (Lipinski definition) is 0. The maximum Gasteiger partial charge on any atom is 0 e. The largest absolute Gasteiger partial charge is 0.0776 e. The molecule has 0 saturated carbocycles. The maximum atomic E-state index is 0. The van der Waals surface area contributed by atoms with E-state index in [1.54, 1.807) is 0 Å². The topological polar surface area (TPSA) is 0 Å². The molecule has 0 amide bonds. The second-order valence-corrected chi connectivity index (χ2v) is 0. The van der Waals surface area contributed by atoms with Crippen molar-refractivity contribution in [3.8, 4) is 0 Å². The molecule has 0 bridgehead atoms. The zero-order valence-electron chi connectivity index (χ0n) is 1.10. The molecular weight excluding hydrogens is 312 g/mol. The van der Waals surface area contributed by atoms with E-state index >= 15 is 0 Å². The van der Waals surface area contributed by atoms with Crippen molar-refractivity contribution in [3.05, 3.63) is 0 Å². The Balaban J connectivity index is 0. The molecule has 32 valence electrons. The summed E-state index contributed by atoms with van der Waals surface area (Å²) in [4.78, 5) is 0. The molecule has 0 aromatic carbocycles. The summed E-state index contributed by atoms with van der Waals surface area (Å²) < 4.78 is 0. The van der Waals surface area contributed by atoms with Crippen LogP contribution >= 0.6 is 0 Å². The van der Waals surface area contributed by atoms with Gasteiger partial charge in [-0.1, -0.05) is 7.43 Å². The quantitative estimate of drug-likeness (QED) is 0.575. The summed E-state index contributed by atoms with van der Waals surface area (Å²) >= 11 is 0. The van der Waals surface area contributed by atoms with Gasteiger partial charge >= 0.3 is 0 Å². The standard InChI is InChI=1S/CH4.Cu.Fe.Ta/h1H4;;;. The van der Waals surface area contributed by atoms with Gasteiger partial charge in [0.2, 0.25) is 0 Å². The minimum absolute atomic E-state index is 0. The zero-order chi connectivity index (χ0) is 0. The monoisotopic (exact) mass is 316 g/mol. The van der Waals surface area contributed by atoms with Gasteiger partial charge in [-0.15, -0.1) is 0 Å². The average Bonchev–Trinajstić information content (AvgIpc) is 0. The molecule has 0 aromatic heterocycles. The van der Waals surface area contributed by atoms with Gasteiger partial charge in [-0.2, -0.15) is 0 Å². The van der Waals surface area contributed by atoms with Crippen molar-refractivity contribution in [1.29, 1.82) is 0 Å². The van der Waals surface area contributed by atoms with Gasteiger partial charge in [0.25, 0.3) is 0 Å². The van der Waals surface area contributed by atoms with Crippen LogP contribution in [0.1, 0.15) is 7.43 Å². The molecule has 0 unspecified atom stereocenters. The van der Waals surface area contributed by atoms with E-state index in [9.17, 15) is 0 Å². The van der Waals surface area contributed by atoms with Crippen molar-refractivity contribution in [2.45, 2.75) is 7.43 Å². The number of hydrogen-bond donors (Lipinski definition) is 0. The Morgan fingerprint density at radius 1 is 1.00 bits per heavy atom. The summed E-state index contributed by atoms with van der Waals surface area (Å²) in [6.07, 6.45) is 0. The van der Waals surface area contributed by atoms with Crippen LogP contribution in [0.25, 0.3) is 0 Å². The molecule has 0 aliphatic carbocycles. The predicted octanol–water partition coefficient (Wildman–Crippen LogP) is 0.629. The Morgan fingerprint density at radius 3 is 1.00 bits per heavy atom. The van der Waals surface area contributed by atoms with Crippen LogP contribution in [0.4, 0.5) is 0 Å². The molecular formula is CH4CuFeTa. The van der Waals surface area contributed by atoms with Gasteiger partial charge in [-0.05, 0) is 0 Å². The molecule has 2 radical (unpaired) electrons. The second-order valence-electron chi connectivity index (χ2n) is 0. The van der Waals surface area contributed by atoms with Crippen LogP contribution in [0.5, 0.6) is 0 Å². The molecule has 4 heavy (non-hydrogen) atoms. The van der Waals surface area contributed by atoms with Crippen LogP contribution in [-0.4, -0.2) is 0 Å². The van der Waals surface area contributed by atoms with Gasteiger partial charge in [0, 0.05) is 56.5 Å². The molecule has 0 nitrogen and oxygen atoms in total. The fourth-order valence-electron chi connectivity index (χ4n) is 0. The molecule has 0 fully saturated rings. The first-order valence-corrected chi connectivity index (χ1v) is 0. The smallest absolute Gasteiger partial charge is 0 e. The third-order valence-electron chi connectivity index (χ3n) is 0.